The Labute approximate surface area is 191 Å². The van der Waals surface area contributed by atoms with Crippen LogP contribution in [-0.2, 0) is 10.2 Å². The molecule has 4 aliphatic carbocycles. The second-order valence-corrected chi connectivity index (χ2v) is 11.5. The van der Waals surface area contributed by atoms with Gasteiger partial charge in [0, 0.05) is 16.9 Å². The Morgan fingerprint density at radius 2 is 1.34 bits per heavy atom. The fourth-order valence-corrected chi connectivity index (χ4v) is 6.65. The van der Waals surface area contributed by atoms with Crippen molar-refractivity contribution in [1.82, 2.24) is 0 Å². The van der Waals surface area contributed by atoms with E-state index in [1.807, 2.05) is 48.5 Å². The summed E-state index contributed by atoms with van der Waals surface area (Å²) >= 11 is 0. The Balaban J connectivity index is 1.26. The number of carbonyl (C=O) groups is 2. The average molecular weight is 431 g/mol. The average Bonchev–Trinajstić information content (AvgIpc) is 2.72. The van der Waals surface area contributed by atoms with E-state index in [9.17, 15) is 9.59 Å². The maximum Gasteiger partial charge on any atom is 0.255 e. The fraction of sp³-hybridized carbons (Fsp3) is 0.500. The lowest BCUT2D eigenvalue weighted by Gasteiger charge is -2.55. The minimum absolute atomic E-state index is 0.0538. The third kappa shape index (κ3) is 4.07. The van der Waals surface area contributed by atoms with Crippen LogP contribution in [0.15, 0.2) is 48.5 Å². The van der Waals surface area contributed by atoms with E-state index in [2.05, 4.69) is 31.4 Å². The van der Waals surface area contributed by atoms with Gasteiger partial charge < -0.3 is 10.6 Å². The molecule has 0 unspecified atom stereocenters. The molecule has 2 amide bonds. The highest BCUT2D eigenvalue weighted by atomic mass is 16.2. The zero-order valence-electron chi connectivity index (χ0n) is 19.4. The molecule has 4 saturated carbocycles. The minimum atomic E-state index is -0.178. The van der Waals surface area contributed by atoms with Crippen LogP contribution in [0.4, 0.5) is 11.4 Å². The van der Waals surface area contributed by atoms with Crippen LogP contribution in [-0.4, -0.2) is 11.8 Å². The van der Waals surface area contributed by atoms with Gasteiger partial charge in [-0.25, -0.2) is 0 Å². The van der Waals surface area contributed by atoms with E-state index in [-0.39, 0.29) is 22.6 Å². The summed E-state index contributed by atoms with van der Waals surface area (Å²) in [6.07, 6.45) is 7.11. The number of amides is 2. The molecule has 4 heteroatoms. The first-order valence-electron chi connectivity index (χ1n) is 12.0. The van der Waals surface area contributed by atoms with Gasteiger partial charge in [-0.05, 0) is 97.6 Å². The van der Waals surface area contributed by atoms with Crippen LogP contribution < -0.4 is 10.6 Å². The molecule has 0 aromatic heterocycles. The standard InChI is InChI=1S/C28H34N2O2/c1-27(2,3)22-9-7-21(8-10-22)25(31)29-23-5-4-6-24(14-23)30-26(32)28-15-18-11-19(16-28)13-20(12-18)17-28/h4-10,14,18-20H,11-13,15-17H2,1-3H3,(H,29,31)(H,30,32). The summed E-state index contributed by atoms with van der Waals surface area (Å²) < 4.78 is 0. The Hall–Kier alpha value is -2.62. The molecule has 0 spiro atoms. The van der Waals surface area contributed by atoms with Crippen LogP contribution in [0.5, 0.6) is 0 Å². The zero-order valence-corrected chi connectivity index (χ0v) is 19.4. The number of hydrogen-bond donors (Lipinski definition) is 2. The largest absolute Gasteiger partial charge is 0.326 e. The van der Waals surface area contributed by atoms with Crippen molar-refractivity contribution in [3.8, 4) is 0 Å². The van der Waals surface area contributed by atoms with E-state index in [4.69, 9.17) is 0 Å². The van der Waals surface area contributed by atoms with E-state index in [0.29, 0.717) is 11.3 Å². The number of benzene rings is 2. The number of rotatable bonds is 4. The number of nitrogens with one attached hydrogen (secondary N) is 2. The van der Waals surface area contributed by atoms with Crippen LogP contribution in [0.2, 0.25) is 0 Å². The molecule has 4 nitrogen and oxygen atoms in total. The molecule has 168 valence electrons. The molecule has 2 aromatic carbocycles. The SMILES string of the molecule is CC(C)(C)c1ccc(C(=O)Nc2cccc(NC(=O)C34CC5CC(CC(C5)C3)C4)c2)cc1. The first-order chi connectivity index (χ1) is 15.2. The fourth-order valence-electron chi connectivity index (χ4n) is 6.65. The zero-order chi connectivity index (χ0) is 22.5. The molecule has 6 rings (SSSR count). The molecule has 0 aliphatic heterocycles. The Morgan fingerprint density at radius 3 is 1.88 bits per heavy atom. The van der Waals surface area contributed by atoms with Gasteiger partial charge >= 0.3 is 0 Å². The summed E-state index contributed by atoms with van der Waals surface area (Å²) in [4.78, 5) is 26.1. The summed E-state index contributed by atoms with van der Waals surface area (Å²) in [5, 5.41) is 6.16. The van der Waals surface area contributed by atoms with Crippen LogP contribution in [0.1, 0.15) is 75.2 Å². The van der Waals surface area contributed by atoms with Gasteiger partial charge in [0.05, 0.1) is 5.41 Å². The van der Waals surface area contributed by atoms with Crippen LogP contribution in [0.25, 0.3) is 0 Å². The van der Waals surface area contributed by atoms with Gasteiger partial charge in [0.2, 0.25) is 5.91 Å². The third-order valence-electron chi connectivity index (χ3n) is 7.91. The van der Waals surface area contributed by atoms with Gasteiger partial charge in [-0.2, -0.15) is 0 Å². The normalized spacial score (nSPS) is 28.4. The molecular weight excluding hydrogens is 396 g/mol. The molecular formula is C28H34N2O2. The molecule has 2 aromatic rings. The van der Waals surface area contributed by atoms with Gasteiger partial charge in [-0.1, -0.05) is 39.0 Å². The lowest BCUT2D eigenvalue weighted by atomic mass is 9.49. The predicted molar refractivity (Wildman–Crippen MR) is 129 cm³/mol. The van der Waals surface area contributed by atoms with Gasteiger partial charge in [-0.15, -0.1) is 0 Å². The molecule has 0 heterocycles. The van der Waals surface area contributed by atoms with Crippen molar-refractivity contribution in [3.63, 3.8) is 0 Å². The summed E-state index contributed by atoms with van der Waals surface area (Å²) in [5.41, 5.74) is 3.15. The topological polar surface area (TPSA) is 58.2 Å². The van der Waals surface area contributed by atoms with Crippen molar-refractivity contribution in [2.45, 2.75) is 64.7 Å². The highest BCUT2D eigenvalue weighted by Crippen LogP contribution is 2.60. The summed E-state index contributed by atoms with van der Waals surface area (Å²) in [6.45, 7) is 6.47. The second-order valence-electron chi connectivity index (χ2n) is 11.5. The Kier molecular flexibility index (Phi) is 5.15. The number of hydrogen-bond acceptors (Lipinski definition) is 2. The first kappa shape index (κ1) is 21.2. The van der Waals surface area contributed by atoms with Crippen molar-refractivity contribution in [2.75, 3.05) is 10.6 Å². The highest BCUT2D eigenvalue weighted by molar-refractivity contribution is 6.05. The van der Waals surface area contributed by atoms with Crippen LogP contribution in [0.3, 0.4) is 0 Å². The third-order valence-corrected chi connectivity index (χ3v) is 7.91. The van der Waals surface area contributed by atoms with E-state index < -0.39 is 0 Å². The molecule has 4 bridgehead atoms. The summed E-state index contributed by atoms with van der Waals surface area (Å²) in [5.74, 6) is 2.25. The van der Waals surface area contributed by atoms with Crippen molar-refractivity contribution in [3.05, 3.63) is 59.7 Å². The monoisotopic (exact) mass is 430 g/mol. The van der Waals surface area contributed by atoms with Crippen LogP contribution in [0, 0.1) is 23.2 Å². The van der Waals surface area contributed by atoms with Crippen molar-refractivity contribution in [2.24, 2.45) is 23.2 Å². The lowest BCUT2D eigenvalue weighted by Crippen LogP contribution is -2.51. The van der Waals surface area contributed by atoms with Crippen molar-refractivity contribution >= 4 is 23.2 Å². The minimum Gasteiger partial charge on any atom is -0.326 e. The maximum absolute atomic E-state index is 13.3. The molecule has 4 aliphatic rings. The molecule has 32 heavy (non-hydrogen) atoms. The van der Waals surface area contributed by atoms with E-state index >= 15 is 0 Å². The second kappa shape index (κ2) is 7.75. The molecule has 0 radical (unpaired) electrons. The smallest absolute Gasteiger partial charge is 0.255 e. The highest BCUT2D eigenvalue weighted by Gasteiger charge is 2.54. The van der Waals surface area contributed by atoms with Gasteiger partial charge in [0.15, 0.2) is 0 Å². The van der Waals surface area contributed by atoms with E-state index in [1.54, 1.807) is 0 Å². The van der Waals surface area contributed by atoms with Gasteiger partial charge in [0.25, 0.3) is 5.91 Å². The van der Waals surface area contributed by atoms with Gasteiger partial charge in [-0.3, -0.25) is 9.59 Å². The molecule has 4 fully saturated rings. The number of carbonyl (C=O) groups excluding carboxylic acids is 2. The van der Waals surface area contributed by atoms with E-state index in [0.717, 1.165) is 42.7 Å². The van der Waals surface area contributed by atoms with E-state index in [1.165, 1.54) is 24.8 Å². The lowest BCUT2D eigenvalue weighted by molar-refractivity contribution is -0.140. The summed E-state index contributed by atoms with van der Waals surface area (Å²) in [7, 11) is 0. The predicted octanol–water partition coefficient (Wildman–Crippen LogP) is 6.39. The van der Waals surface area contributed by atoms with Crippen LogP contribution >= 0.6 is 0 Å². The van der Waals surface area contributed by atoms with Crippen molar-refractivity contribution in [1.29, 1.82) is 0 Å². The quantitative estimate of drug-likeness (QED) is 0.590. The molecule has 0 atom stereocenters. The first-order valence-corrected chi connectivity index (χ1v) is 12.0. The van der Waals surface area contributed by atoms with Gasteiger partial charge in [0.1, 0.15) is 0 Å². The summed E-state index contributed by atoms with van der Waals surface area (Å²) in [6, 6.07) is 15.3. The maximum atomic E-state index is 13.3. The Bertz CT molecular complexity index is 997. The van der Waals surface area contributed by atoms with Crippen molar-refractivity contribution < 1.29 is 9.59 Å². The number of anilines is 2. The Morgan fingerprint density at radius 1 is 0.812 bits per heavy atom. The molecule has 0 saturated heterocycles. The molecule has 2 N–H and O–H groups in total.